The molecular formula is C20H28O4. The van der Waals surface area contributed by atoms with Crippen LogP contribution in [0.4, 0.5) is 0 Å². The highest BCUT2D eigenvalue weighted by molar-refractivity contribution is 5.97. The van der Waals surface area contributed by atoms with Crippen LogP contribution < -0.4 is 4.74 Å². The molecule has 24 heavy (non-hydrogen) atoms. The second-order valence-corrected chi connectivity index (χ2v) is 5.80. The van der Waals surface area contributed by atoms with Crippen molar-refractivity contribution in [3.8, 4) is 5.75 Å². The van der Waals surface area contributed by atoms with Gasteiger partial charge in [-0.15, -0.1) is 0 Å². The van der Waals surface area contributed by atoms with Crippen molar-refractivity contribution in [2.45, 2.75) is 59.3 Å². The van der Waals surface area contributed by atoms with E-state index < -0.39 is 5.97 Å². The fourth-order valence-corrected chi connectivity index (χ4v) is 2.51. The topological polar surface area (TPSA) is 63.6 Å². The molecule has 0 amide bonds. The monoisotopic (exact) mass is 332 g/mol. The lowest BCUT2D eigenvalue weighted by Gasteiger charge is -2.14. The summed E-state index contributed by atoms with van der Waals surface area (Å²) in [5.74, 6) is -0.292. The summed E-state index contributed by atoms with van der Waals surface area (Å²) in [6.45, 7) is 6.57. The minimum Gasteiger partial charge on any atom is -0.493 e. The van der Waals surface area contributed by atoms with Crippen LogP contribution >= 0.6 is 0 Å². The molecule has 0 aliphatic rings. The molecule has 0 saturated heterocycles. The molecule has 4 nitrogen and oxygen atoms in total. The molecule has 0 spiro atoms. The predicted molar refractivity (Wildman–Crippen MR) is 96.6 cm³/mol. The third-order valence-corrected chi connectivity index (χ3v) is 3.81. The van der Waals surface area contributed by atoms with Gasteiger partial charge in [-0.1, -0.05) is 45.7 Å². The predicted octanol–water partition coefficient (Wildman–Crippen LogP) is 5.12. The number of carbonyl (C=O) groups excluding carboxylic acids is 1. The van der Waals surface area contributed by atoms with Gasteiger partial charge in [-0.05, 0) is 30.9 Å². The summed E-state index contributed by atoms with van der Waals surface area (Å²) in [5, 5.41) is 9.05. The molecule has 132 valence electrons. The first-order valence-electron chi connectivity index (χ1n) is 8.77. The van der Waals surface area contributed by atoms with Gasteiger partial charge in [0, 0.05) is 23.6 Å². The molecule has 0 fully saturated rings. The van der Waals surface area contributed by atoms with E-state index in [2.05, 4.69) is 6.92 Å². The Morgan fingerprint density at radius 3 is 2.46 bits per heavy atom. The summed E-state index contributed by atoms with van der Waals surface area (Å²) in [6.07, 6.45) is 6.21. The molecule has 0 heterocycles. The van der Waals surface area contributed by atoms with E-state index in [1.54, 1.807) is 18.2 Å². The van der Waals surface area contributed by atoms with Gasteiger partial charge in [0.25, 0.3) is 0 Å². The average Bonchev–Trinajstić information content (AvgIpc) is 2.56. The highest BCUT2D eigenvalue weighted by atomic mass is 16.5. The maximum absolute atomic E-state index is 12.1. The van der Waals surface area contributed by atoms with Crippen molar-refractivity contribution >= 4 is 17.3 Å². The summed E-state index contributed by atoms with van der Waals surface area (Å²) < 4.78 is 5.89. The third-order valence-electron chi connectivity index (χ3n) is 3.81. The van der Waals surface area contributed by atoms with Gasteiger partial charge in [-0.2, -0.15) is 0 Å². The van der Waals surface area contributed by atoms with Crippen molar-refractivity contribution in [3.63, 3.8) is 0 Å². The largest absolute Gasteiger partial charge is 0.493 e. The number of benzene rings is 1. The number of aliphatic carboxylic acids is 1. The molecule has 1 aromatic rings. The van der Waals surface area contributed by atoms with Crippen molar-refractivity contribution in [1.82, 2.24) is 0 Å². The van der Waals surface area contributed by atoms with E-state index in [0.717, 1.165) is 31.2 Å². The zero-order valence-corrected chi connectivity index (χ0v) is 14.9. The number of allylic oxidation sites excluding steroid dienone is 1. The van der Waals surface area contributed by atoms with E-state index in [-0.39, 0.29) is 5.78 Å². The molecule has 0 radical (unpaired) electrons. The van der Waals surface area contributed by atoms with Crippen LogP contribution in [0.15, 0.2) is 24.3 Å². The van der Waals surface area contributed by atoms with Crippen LogP contribution in [0.25, 0.3) is 5.57 Å². The first-order chi connectivity index (χ1) is 11.5. The minimum absolute atomic E-state index is 0.0859. The number of carboxylic acids is 1. The summed E-state index contributed by atoms with van der Waals surface area (Å²) >= 11 is 0. The number of hydrogen-bond donors (Lipinski definition) is 1. The third kappa shape index (κ3) is 6.19. The molecule has 0 atom stereocenters. The fraction of sp³-hybridized carbons (Fsp3) is 0.500. The number of carbonyl (C=O) groups is 2. The molecule has 0 bridgehead atoms. The van der Waals surface area contributed by atoms with E-state index in [0.29, 0.717) is 36.3 Å². The van der Waals surface area contributed by atoms with Crippen LogP contribution in [0.2, 0.25) is 0 Å². The number of rotatable bonds is 11. The van der Waals surface area contributed by atoms with Gasteiger partial charge >= 0.3 is 5.97 Å². The van der Waals surface area contributed by atoms with Crippen molar-refractivity contribution in [2.24, 2.45) is 0 Å². The van der Waals surface area contributed by atoms with Gasteiger partial charge in [0.05, 0.1) is 6.61 Å². The van der Waals surface area contributed by atoms with Gasteiger partial charge < -0.3 is 9.84 Å². The molecule has 4 heteroatoms. The highest BCUT2D eigenvalue weighted by Crippen LogP contribution is 2.30. The number of ketones is 1. The Labute approximate surface area is 144 Å². The van der Waals surface area contributed by atoms with Gasteiger partial charge in [0.1, 0.15) is 5.75 Å². The van der Waals surface area contributed by atoms with Gasteiger partial charge in [0.15, 0.2) is 5.78 Å². The van der Waals surface area contributed by atoms with Gasteiger partial charge in [-0.3, -0.25) is 4.79 Å². The number of unbranched alkanes of at least 4 members (excludes halogenated alkanes) is 2. The van der Waals surface area contributed by atoms with Crippen LogP contribution in [0.1, 0.15) is 75.2 Å². The average molecular weight is 332 g/mol. The van der Waals surface area contributed by atoms with Crippen molar-refractivity contribution in [2.75, 3.05) is 6.61 Å². The van der Waals surface area contributed by atoms with Gasteiger partial charge in [-0.25, -0.2) is 4.79 Å². The van der Waals surface area contributed by atoms with E-state index in [1.165, 1.54) is 6.08 Å². The molecule has 1 N–H and O–H groups in total. The molecule has 1 aromatic carbocycles. The van der Waals surface area contributed by atoms with Gasteiger partial charge in [0.2, 0.25) is 0 Å². The Morgan fingerprint density at radius 1 is 1.12 bits per heavy atom. The van der Waals surface area contributed by atoms with E-state index in [9.17, 15) is 9.59 Å². The van der Waals surface area contributed by atoms with Crippen molar-refractivity contribution < 1.29 is 19.4 Å². The number of carboxylic acid groups (broad SMARTS) is 1. The second kappa shape index (κ2) is 10.6. The number of Topliss-reactive ketones (excluding diaryl/α,β-unsaturated/α-hetero) is 1. The molecule has 0 aliphatic heterocycles. The summed E-state index contributed by atoms with van der Waals surface area (Å²) in [7, 11) is 0. The fourth-order valence-electron chi connectivity index (χ4n) is 2.51. The highest BCUT2D eigenvalue weighted by Gasteiger charge is 2.13. The molecule has 0 aliphatic carbocycles. The van der Waals surface area contributed by atoms with E-state index >= 15 is 0 Å². The lowest BCUT2D eigenvalue weighted by molar-refractivity contribution is -0.131. The Hall–Kier alpha value is -2.10. The minimum atomic E-state index is -0.977. The lowest BCUT2D eigenvalue weighted by Crippen LogP contribution is -2.04. The molecule has 0 unspecified atom stereocenters. The molecule has 0 aromatic heterocycles. The summed E-state index contributed by atoms with van der Waals surface area (Å²) in [6, 6.07) is 5.32. The smallest absolute Gasteiger partial charge is 0.328 e. The summed E-state index contributed by atoms with van der Waals surface area (Å²) in [4.78, 5) is 23.2. The van der Waals surface area contributed by atoms with Crippen LogP contribution in [-0.4, -0.2) is 23.5 Å². The normalized spacial score (nSPS) is 11.4. The van der Waals surface area contributed by atoms with Crippen molar-refractivity contribution in [1.29, 1.82) is 0 Å². The van der Waals surface area contributed by atoms with Crippen molar-refractivity contribution in [3.05, 3.63) is 35.4 Å². The maximum atomic E-state index is 12.1. The molecule has 0 saturated carbocycles. The second-order valence-electron chi connectivity index (χ2n) is 5.80. The quantitative estimate of drug-likeness (QED) is 0.347. The Balaban J connectivity index is 3.15. The SMILES string of the molecule is CCCCCOc1cc(C(=O)CCC)ccc1C(=CC(=O)O)CC. The van der Waals surface area contributed by atoms with Crippen LogP contribution in [0, 0.1) is 0 Å². The standard InChI is InChI=1S/C20H28O4/c1-4-7-8-12-24-19-13-16(18(21)9-5-2)10-11-17(19)15(6-3)14-20(22)23/h10-11,13-14H,4-9,12H2,1-3H3,(H,22,23). The van der Waals surface area contributed by atoms with Crippen LogP contribution in [0.3, 0.4) is 0 Å². The molecular weight excluding hydrogens is 304 g/mol. The number of ether oxygens (including phenoxy) is 1. The number of hydrogen-bond acceptors (Lipinski definition) is 3. The zero-order chi connectivity index (χ0) is 17.9. The molecule has 1 rings (SSSR count). The zero-order valence-electron chi connectivity index (χ0n) is 14.9. The van der Waals surface area contributed by atoms with E-state index in [1.807, 2.05) is 13.8 Å². The van der Waals surface area contributed by atoms with Crippen LogP contribution in [-0.2, 0) is 4.79 Å². The Morgan fingerprint density at radius 2 is 1.88 bits per heavy atom. The summed E-state index contributed by atoms with van der Waals surface area (Å²) in [5.41, 5.74) is 2.07. The van der Waals surface area contributed by atoms with E-state index in [4.69, 9.17) is 9.84 Å². The van der Waals surface area contributed by atoms with Crippen LogP contribution in [0.5, 0.6) is 5.75 Å². The Bertz CT molecular complexity index is 587. The lowest BCUT2D eigenvalue weighted by atomic mass is 9.98. The first-order valence-corrected chi connectivity index (χ1v) is 8.77. The first kappa shape index (κ1) is 19.9. The maximum Gasteiger partial charge on any atom is 0.328 e. The Kier molecular flexibility index (Phi) is 8.84.